The number of hydrogen-bond donors (Lipinski definition) is 0. The van der Waals surface area contributed by atoms with Gasteiger partial charge in [0.2, 0.25) is 0 Å². The van der Waals surface area contributed by atoms with Crippen LogP contribution in [0.1, 0.15) is 22.3 Å². The molecule has 1 aliphatic heterocycles. The number of aryl methyl sites for hydroxylation is 1. The van der Waals surface area contributed by atoms with E-state index in [0.29, 0.717) is 13.1 Å². The molecule has 0 spiro atoms. The van der Waals surface area contributed by atoms with E-state index in [1.807, 2.05) is 42.2 Å². The molecule has 1 aliphatic rings. The molecule has 3 aromatic rings. The largest absolute Gasteiger partial charge is 0.338 e. The third kappa shape index (κ3) is 4.04. The van der Waals surface area contributed by atoms with Gasteiger partial charge < -0.3 is 4.90 Å². The van der Waals surface area contributed by atoms with Crippen LogP contribution >= 0.6 is 11.3 Å². The summed E-state index contributed by atoms with van der Waals surface area (Å²) in [7, 11) is 0. The summed E-state index contributed by atoms with van der Waals surface area (Å²) in [6, 6.07) is 9.12. The monoisotopic (exact) mass is 383 g/mol. The van der Waals surface area contributed by atoms with Crippen molar-refractivity contribution in [2.45, 2.75) is 19.5 Å². The summed E-state index contributed by atoms with van der Waals surface area (Å²) >= 11 is 1.67. The zero-order chi connectivity index (χ0) is 18.6. The minimum atomic E-state index is -0.533. The highest BCUT2D eigenvalue weighted by Gasteiger charge is 2.30. The Morgan fingerprint density at radius 2 is 1.96 bits per heavy atom. The van der Waals surface area contributed by atoms with E-state index < -0.39 is 6.04 Å². The minimum Gasteiger partial charge on any atom is -0.338 e. The number of carbonyl (C=O) groups is 1. The SMILES string of the molecule is Cc1nc(CN2CCN(C(=O)C(c3ccccc3)n3cnnn3)CC2)cs1. The van der Waals surface area contributed by atoms with Crippen molar-refractivity contribution in [1.82, 2.24) is 35.0 Å². The number of amides is 1. The summed E-state index contributed by atoms with van der Waals surface area (Å²) in [5.41, 5.74) is 1.99. The van der Waals surface area contributed by atoms with Crippen molar-refractivity contribution in [2.24, 2.45) is 0 Å². The van der Waals surface area contributed by atoms with Gasteiger partial charge in [-0.25, -0.2) is 9.67 Å². The van der Waals surface area contributed by atoms with E-state index in [1.165, 1.54) is 11.0 Å². The zero-order valence-electron chi connectivity index (χ0n) is 15.1. The lowest BCUT2D eigenvalue weighted by molar-refractivity contribution is -0.135. The Morgan fingerprint density at radius 1 is 1.19 bits per heavy atom. The first-order chi connectivity index (χ1) is 13.2. The van der Waals surface area contributed by atoms with Gasteiger partial charge in [-0.1, -0.05) is 30.3 Å². The number of aromatic nitrogens is 5. The molecule has 9 heteroatoms. The van der Waals surface area contributed by atoms with Crippen LogP contribution in [0.3, 0.4) is 0 Å². The second-order valence-corrected chi connectivity index (χ2v) is 7.62. The van der Waals surface area contributed by atoms with Crippen molar-refractivity contribution in [2.75, 3.05) is 26.2 Å². The van der Waals surface area contributed by atoms with Crippen LogP contribution in [0.25, 0.3) is 0 Å². The molecule has 0 bridgehead atoms. The first-order valence-corrected chi connectivity index (χ1v) is 9.78. The molecule has 1 saturated heterocycles. The molecule has 0 radical (unpaired) electrons. The van der Waals surface area contributed by atoms with Crippen molar-refractivity contribution in [3.05, 3.63) is 58.3 Å². The van der Waals surface area contributed by atoms with Gasteiger partial charge in [0.15, 0.2) is 6.04 Å². The number of rotatable bonds is 5. The third-order valence-corrected chi connectivity index (χ3v) is 5.54. The van der Waals surface area contributed by atoms with Crippen molar-refractivity contribution in [3.8, 4) is 0 Å². The lowest BCUT2D eigenvalue weighted by Gasteiger charge is -2.36. The predicted octanol–water partition coefficient (Wildman–Crippen LogP) is 1.37. The van der Waals surface area contributed by atoms with Crippen LogP contribution in [0.2, 0.25) is 0 Å². The molecule has 3 heterocycles. The number of piperazine rings is 1. The summed E-state index contributed by atoms with van der Waals surface area (Å²) in [5.74, 6) is 0.0256. The van der Waals surface area contributed by atoms with Crippen LogP contribution < -0.4 is 0 Å². The van der Waals surface area contributed by atoms with E-state index in [-0.39, 0.29) is 5.91 Å². The number of carbonyl (C=O) groups excluding carboxylic acids is 1. The number of hydrogen-bond acceptors (Lipinski definition) is 7. The highest BCUT2D eigenvalue weighted by molar-refractivity contribution is 7.09. The van der Waals surface area contributed by atoms with E-state index >= 15 is 0 Å². The van der Waals surface area contributed by atoms with Gasteiger partial charge in [0.1, 0.15) is 6.33 Å². The van der Waals surface area contributed by atoms with Gasteiger partial charge in [0.25, 0.3) is 5.91 Å². The van der Waals surface area contributed by atoms with Crippen LogP contribution in [0.4, 0.5) is 0 Å². The fourth-order valence-electron chi connectivity index (χ4n) is 3.34. The van der Waals surface area contributed by atoms with Gasteiger partial charge in [-0.05, 0) is 22.9 Å². The summed E-state index contributed by atoms with van der Waals surface area (Å²) in [6.45, 7) is 5.90. The van der Waals surface area contributed by atoms with Crippen LogP contribution in [0.5, 0.6) is 0 Å². The molecular formula is C18H21N7OS. The van der Waals surface area contributed by atoms with Gasteiger partial charge in [0.05, 0.1) is 10.7 Å². The predicted molar refractivity (Wildman–Crippen MR) is 101 cm³/mol. The Kier molecular flexibility index (Phi) is 5.21. The molecule has 1 fully saturated rings. The average Bonchev–Trinajstić information content (AvgIpc) is 3.36. The van der Waals surface area contributed by atoms with E-state index in [2.05, 4.69) is 30.8 Å². The van der Waals surface area contributed by atoms with Crippen LogP contribution in [-0.4, -0.2) is 67.1 Å². The molecule has 1 atom stereocenters. The molecule has 140 valence electrons. The van der Waals surface area contributed by atoms with Gasteiger partial charge in [-0.3, -0.25) is 9.69 Å². The van der Waals surface area contributed by atoms with E-state index in [0.717, 1.165) is 35.9 Å². The second-order valence-electron chi connectivity index (χ2n) is 6.56. The Hall–Kier alpha value is -2.65. The molecule has 1 aromatic carbocycles. The number of tetrazole rings is 1. The van der Waals surface area contributed by atoms with Crippen LogP contribution in [0.15, 0.2) is 42.0 Å². The summed E-state index contributed by atoms with van der Waals surface area (Å²) in [4.78, 5) is 22.0. The highest BCUT2D eigenvalue weighted by atomic mass is 32.1. The molecule has 4 rings (SSSR count). The topological polar surface area (TPSA) is 80.0 Å². The number of benzene rings is 1. The number of nitrogens with zero attached hydrogens (tertiary/aromatic N) is 7. The molecule has 1 unspecified atom stereocenters. The van der Waals surface area contributed by atoms with Crippen molar-refractivity contribution >= 4 is 17.2 Å². The smallest absolute Gasteiger partial charge is 0.252 e. The summed E-state index contributed by atoms with van der Waals surface area (Å²) in [6.07, 6.45) is 1.50. The Labute approximate surface area is 161 Å². The van der Waals surface area contributed by atoms with Crippen molar-refractivity contribution in [1.29, 1.82) is 0 Å². The molecule has 8 nitrogen and oxygen atoms in total. The van der Waals surface area contributed by atoms with Gasteiger partial charge in [-0.15, -0.1) is 16.4 Å². The average molecular weight is 383 g/mol. The fourth-order valence-corrected chi connectivity index (χ4v) is 3.94. The molecular weight excluding hydrogens is 362 g/mol. The number of thiazole rings is 1. The van der Waals surface area contributed by atoms with E-state index in [9.17, 15) is 4.79 Å². The van der Waals surface area contributed by atoms with Crippen molar-refractivity contribution < 1.29 is 4.79 Å². The van der Waals surface area contributed by atoms with E-state index in [1.54, 1.807) is 11.3 Å². The standard InChI is InChI=1S/C18H21N7OS/c1-14-20-16(12-27-14)11-23-7-9-24(10-8-23)18(26)17(25-13-19-21-22-25)15-5-3-2-4-6-15/h2-6,12-13,17H,7-11H2,1H3. The van der Waals surface area contributed by atoms with Gasteiger partial charge in [0, 0.05) is 38.1 Å². The Balaban J connectivity index is 1.44. The van der Waals surface area contributed by atoms with Crippen LogP contribution in [0, 0.1) is 6.92 Å². The van der Waals surface area contributed by atoms with Crippen LogP contribution in [-0.2, 0) is 11.3 Å². The zero-order valence-corrected chi connectivity index (χ0v) is 15.9. The first kappa shape index (κ1) is 17.7. The maximum absolute atomic E-state index is 13.2. The normalized spacial score (nSPS) is 16.4. The maximum atomic E-state index is 13.2. The third-order valence-electron chi connectivity index (χ3n) is 4.71. The molecule has 2 aromatic heterocycles. The Morgan fingerprint density at radius 3 is 2.59 bits per heavy atom. The van der Waals surface area contributed by atoms with Crippen molar-refractivity contribution in [3.63, 3.8) is 0 Å². The molecule has 0 saturated carbocycles. The molecule has 1 amide bonds. The summed E-state index contributed by atoms with van der Waals surface area (Å²) in [5, 5.41) is 14.6. The molecule has 0 N–H and O–H groups in total. The molecule has 0 aliphatic carbocycles. The lowest BCUT2D eigenvalue weighted by Crippen LogP contribution is -2.50. The second kappa shape index (κ2) is 7.93. The lowest BCUT2D eigenvalue weighted by atomic mass is 10.1. The maximum Gasteiger partial charge on any atom is 0.252 e. The van der Waals surface area contributed by atoms with Gasteiger partial charge in [-0.2, -0.15) is 0 Å². The molecule has 27 heavy (non-hydrogen) atoms. The first-order valence-electron chi connectivity index (χ1n) is 8.90. The fraction of sp³-hybridized carbons (Fsp3) is 0.389. The quantitative estimate of drug-likeness (QED) is 0.662. The highest BCUT2D eigenvalue weighted by Crippen LogP contribution is 2.21. The van der Waals surface area contributed by atoms with E-state index in [4.69, 9.17) is 0 Å². The van der Waals surface area contributed by atoms with Gasteiger partial charge >= 0.3 is 0 Å². The minimum absolute atomic E-state index is 0.0256. The Bertz CT molecular complexity index is 872. The summed E-state index contributed by atoms with van der Waals surface area (Å²) < 4.78 is 1.53.